The topological polar surface area (TPSA) is 77.1 Å². The van der Waals surface area contributed by atoms with Gasteiger partial charge in [0.15, 0.2) is 8.32 Å². The number of benzene rings is 4. The lowest BCUT2D eigenvalue weighted by atomic mass is 9.85. The standard InChI is InChI=1S/C39H46F2N2O5Si2/c1-49(2,3)47-33-22-14-29(15-23-33)37(42-32-20-18-31(41)19-21-32)34(24-25-36(48-50(4,5)6)28-12-16-30(40)17-13-28)38(44)43-35(26-46-39(43)45)27-10-8-7-9-11-27/h7-23,34-37,42H,24-26H2,1-6H3/t34-,35+,36+,37-/m0/s1. The lowest BCUT2D eigenvalue weighted by Gasteiger charge is -2.34. The fourth-order valence-corrected chi connectivity index (χ4v) is 8.12. The zero-order valence-corrected chi connectivity index (χ0v) is 31.5. The Labute approximate surface area is 295 Å². The number of carbonyl (C=O) groups is 2. The molecule has 0 bridgehead atoms. The van der Waals surface area contributed by atoms with Gasteiger partial charge in [0.25, 0.3) is 0 Å². The largest absolute Gasteiger partial charge is 0.544 e. The maximum Gasteiger partial charge on any atom is 0.417 e. The Morgan fingerprint density at radius 1 is 0.800 bits per heavy atom. The van der Waals surface area contributed by atoms with Crippen LogP contribution < -0.4 is 9.74 Å². The number of imide groups is 1. The molecular formula is C39H46F2N2O5Si2. The molecule has 4 atom stereocenters. The first-order chi connectivity index (χ1) is 23.7. The number of carbonyl (C=O) groups excluding carboxylic acids is 2. The van der Waals surface area contributed by atoms with Gasteiger partial charge < -0.3 is 18.9 Å². The van der Waals surface area contributed by atoms with Gasteiger partial charge in [-0.15, -0.1) is 0 Å². The number of amides is 2. The van der Waals surface area contributed by atoms with Crippen LogP contribution in [0.5, 0.6) is 5.75 Å². The second kappa shape index (κ2) is 15.7. The van der Waals surface area contributed by atoms with E-state index < -0.39 is 52.7 Å². The van der Waals surface area contributed by atoms with Crippen LogP contribution in [0, 0.1) is 17.6 Å². The average molecular weight is 717 g/mol. The molecule has 7 nitrogen and oxygen atoms in total. The van der Waals surface area contributed by atoms with Gasteiger partial charge in [-0.05, 0) is 117 Å². The maximum atomic E-state index is 15.0. The smallest absolute Gasteiger partial charge is 0.417 e. The Kier molecular flexibility index (Phi) is 11.6. The molecule has 1 aliphatic rings. The third kappa shape index (κ3) is 9.89. The van der Waals surface area contributed by atoms with E-state index in [1.54, 1.807) is 24.3 Å². The lowest BCUT2D eigenvalue weighted by molar-refractivity contribution is -0.134. The number of ether oxygens (including phenoxy) is 1. The minimum absolute atomic E-state index is 0.0387. The second-order valence-corrected chi connectivity index (χ2v) is 23.5. The van der Waals surface area contributed by atoms with E-state index in [0.717, 1.165) is 22.4 Å². The predicted octanol–water partition coefficient (Wildman–Crippen LogP) is 10.0. The number of hydrogen-bond donors (Lipinski definition) is 1. The summed E-state index contributed by atoms with van der Waals surface area (Å²) in [6.45, 7) is 12.6. The molecule has 5 rings (SSSR count). The van der Waals surface area contributed by atoms with Gasteiger partial charge in [0.05, 0.1) is 18.1 Å². The number of rotatable bonds is 14. The van der Waals surface area contributed by atoms with Crippen molar-refractivity contribution in [2.75, 3.05) is 11.9 Å². The molecule has 1 aliphatic heterocycles. The minimum Gasteiger partial charge on any atom is -0.544 e. The molecule has 1 saturated heterocycles. The zero-order valence-electron chi connectivity index (χ0n) is 29.5. The van der Waals surface area contributed by atoms with Crippen molar-refractivity contribution >= 4 is 34.3 Å². The Morgan fingerprint density at radius 2 is 1.38 bits per heavy atom. The lowest BCUT2D eigenvalue weighted by Crippen LogP contribution is -2.42. The fraction of sp³-hybridized carbons (Fsp3) is 0.333. The van der Waals surface area contributed by atoms with E-state index in [1.165, 1.54) is 29.2 Å². The van der Waals surface area contributed by atoms with Crippen LogP contribution in [0.2, 0.25) is 39.3 Å². The van der Waals surface area contributed by atoms with Crippen LogP contribution in [0.4, 0.5) is 19.3 Å². The van der Waals surface area contributed by atoms with Gasteiger partial charge in [-0.1, -0.05) is 54.6 Å². The van der Waals surface area contributed by atoms with Crippen molar-refractivity contribution in [2.45, 2.75) is 70.3 Å². The Bertz CT molecular complexity index is 1730. The molecule has 50 heavy (non-hydrogen) atoms. The summed E-state index contributed by atoms with van der Waals surface area (Å²) in [4.78, 5) is 29.6. The molecule has 0 spiro atoms. The SMILES string of the molecule is C[Si](C)(C)Oc1ccc([C@H](Nc2ccc(F)cc2)[C@H](CC[C@@H](O[Si](C)(C)C)c2ccc(F)cc2)C(=O)N2C(=O)OC[C@@H]2c2ccccc2)cc1. The van der Waals surface area contributed by atoms with E-state index in [9.17, 15) is 18.4 Å². The second-order valence-electron chi connectivity index (χ2n) is 14.6. The molecule has 1 fully saturated rings. The van der Waals surface area contributed by atoms with Gasteiger partial charge in [-0.3, -0.25) is 4.79 Å². The van der Waals surface area contributed by atoms with E-state index in [4.69, 9.17) is 13.6 Å². The Morgan fingerprint density at radius 3 is 1.96 bits per heavy atom. The molecule has 0 unspecified atom stereocenters. The summed E-state index contributed by atoms with van der Waals surface area (Å²) in [7, 11) is -4.01. The van der Waals surface area contributed by atoms with E-state index in [2.05, 4.69) is 44.6 Å². The highest BCUT2D eigenvalue weighted by Gasteiger charge is 2.44. The number of anilines is 1. The number of nitrogens with one attached hydrogen (secondary N) is 1. The van der Waals surface area contributed by atoms with Crippen LogP contribution in [0.1, 0.15) is 47.7 Å². The highest BCUT2D eigenvalue weighted by Crippen LogP contribution is 2.39. The van der Waals surface area contributed by atoms with Gasteiger partial charge >= 0.3 is 6.09 Å². The summed E-state index contributed by atoms with van der Waals surface area (Å²) in [5, 5.41) is 3.50. The molecule has 1 heterocycles. The number of halogens is 2. The van der Waals surface area contributed by atoms with Crippen LogP contribution in [-0.4, -0.2) is 40.1 Å². The molecule has 0 saturated carbocycles. The van der Waals surface area contributed by atoms with E-state index in [-0.39, 0.29) is 18.2 Å². The molecule has 1 N–H and O–H groups in total. The Hall–Kier alpha value is -4.33. The van der Waals surface area contributed by atoms with Crippen LogP contribution in [0.3, 0.4) is 0 Å². The molecule has 0 aliphatic carbocycles. The quantitative estimate of drug-likeness (QED) is 0.131. The summed E-state index contributed by atoms with van der Waals surface area (Å²) < 4.78 is 46.3. The predicted molar refractivity (Wildman–Crippen MR) is 197 cm³/mol. The molecule has 2 amide bonds. The molecule has 11 heteroatoms. The summed E-state index contributed by atoms with van der Waals surface area (Å²) in [5.41, 5.74) is 2.98. The average Bonchev–Trinajstić information content (AvgIpc) is 3.45. The van der Waals surface area contributed by atoms with Crippen molar-refractivity contribution in [3.05, 3.63) is 131 Å². The van der Waals surface area contributed by atoms with Crippen molar-refractivity contribution in [1.82, 2.24) is 4.90 Å². The molecule has 4 aromatic rings. The van der Waals surface area contributed by atoms with Crippen molar-refractivity contribution in [2.24, 2.45) is 5.92 Å². The summed E-state index contributed by atoms with van der Waals surface area (Å²) in [6, 6.07) is 27.9. The van der Waals surface area contributed by atoms with Crippen molar-refractivity contribution in [3.63, 3.8) is 0 Å². The summed E-state index contributed by atoms with van der Waals surface area (Å²) in [6.07, 6.45) is -0.430. The first-order valence-electron chi connectivity index (χ1n) is 17.0. The molecule has 4 aromatic carbocycles. The minimum atomic E-state index is -2.12. The fourth-order valence-electron chi connectivity index (χ4n) is 6.16. The third-order valence-corrected chi connectivity index (χ3v) is 10.2. The van der Waals surface area contributed by atoms with Crippen LogP contribution in [0.15, 0.2) is 103 Å². The van der Waals surface area contributed by atoms with Gasteiger partial charge in [0, 0.05) is 5.69 Å². The number of nitrogens with zero attached hydrogens (tertiary/aromatic N) is 1. The third-order valence-electron chi connectivity index (χ3n) is 8.32. The van der Waals surface area contributed by atoms with Crippen molar-refractivity contribution in [3.8, 4) is 5.75 Å². The number of hydrogen-bond acceptors (Lipinski definition) is 6. The Balaban J connectivity index is 1.58. The van der Waals surface area contributed by atoms with Crippen LogP contribution in [-0.2, 0) is 14.0 Å². The summed E-state index contributed by atoms with van der Waals surface area (Å²) in [5.74, 6) is -1.23. The molecule has 0 aromatic heterocycles. The first-order valence-corrected chi connectivity index (χ1v) is 23.8. The summed E-state index contributed by atoms with van der Waals surface area (Å²) >= 11 is 0. The van der Waals surface area contributed by atoms with Gasteiger partial charge in [-0.25, -0.2) is 18.5 Å². The monoisotopic (exact) mass is 716 g/mol. The molecule has 0 radical (unpaired) electrons. The molecule has 264 valence electrons. The van der Waals surface area contributed by atoms with Gasteiger partial charge in [0.1, 0.15) is 30.0 Å². The van der Waals surface area contributed by atoms with E-state index in [1.807, 2.05) is 54.6 Å². The van der Waals surface area contributed by atoms with E-state index >= 15 is 0 Å². The van der Waals surface area contributed by atoms with Crippen molar-refractivity contribution < 1.29 is 32.0 Å². The number of cyclic esters (lactones) is 1. The van der Waals surface area contributed by atoms with Crippen molar-refractivity contribution in [1.29, 1.82) is 0 Å². The normalized spacial score (nSPS) is 16.8. The highest BCUT2D eigenvalue weighted by molar-refractivity contribution is 6.70. The zero-order chi connectivity index (χ0) is 36.1. The van der Waals surface area contributed by atoms with Gasteiger partial charge in [0.2, 0.25) is 14.2 Å². The van der Waals surface area contributed by atoms with Crippen LogP contribution in [0.25, 0.3) is 0 Å². The first kappa shape index (κ1) is 36.9. The maximum absolute atomic E-state index is 15.0. The van der Waals surface area contributed by atoms with Gasteiger partial charge in [-0.2, -0.15) is 0 Å². The van der Waals surface area contributed by atoms with E-state index in [0.29, 0.717) is 18.5 Å². The highest BCUT2D eigenvalue weighted by atomic mass is 28.4. The van der Waals surface area contributed by atoms with Crippen LogP contribution >= 0.6 is 0 Å². The molecular weight excluding hydrogens is 671 g/mol.